The highest BCUT2D eigenvalue weighted by Crippen LogP contribution is 2.11. The van der Waals surface area contributed by atoms with Crippen molar-refractivity contribution in [2.75, 3.05) is 5.75 Å². The molecule has 0 spiro atoms. The summed E-state index contributed by atoms with van der Waals surface area (Å²) in [5.74, 6) is -0.982. The van der Waals surface area contributed by atoms with Gasteiger partial charge >= 0.3 is 0 Å². The average molecular weight is 476 g/mol. The number of aliphatic hydroxyl groups excluding tert-OH is 1. The lowest BCUT2D eigenvalue weighted by molar-refractivity contribution is -0.122. The molecule has 0 bridgehead atoms. The molecular formula is C25H49NO5S. The molecule has 6 nitrogen and oxygen atoms in total. The summed E-state index contributed by atoms with van der Waals surface area (Å²) in [5.41, 5.74) is 0. The molecule has 0 fully saturated rings. The van der Waals surface area contributed by atoms with Crippen molar-refractivity contribution < 1.29 is 22.9 Å². The first-order chi connectivity index (χ1) is 15.3. The molecule has 190 valence electrons. The summed E-state index contributed by atoms with van der Waals surface area (Å²) in [6, 6.07) is -1.04. The maximum atomic E-state index is 12.2. The van der Waals surface area contributed by atoms with Crippen LogP contribution in [0.2, 0.25) is 0 Å². The summed E-state index contributed by atoms with van der Waals surface area (Å²) < 4.78 is 31.8. The van der Waals surface area contributed by atoms with E-state index in [0.29, 0.717) is 6.42 Å². The van der Waals surface area contributed by atoms with E-state index >= 15 is 0 Å². The summed E-state index contributed by atoms with van der Waals surface area (Å²) in [4.78, 5) is 12.2. The van der Waals surface area contributed by atoms with E-state index in [0.717, 1.165) is 38.5 Å². The molecule has 0 aliphatic carbocycles. The van der Waals surface area contributed by atoms with Gasteiger partial charge in [-0.15, -0.1) is 0 Å². The van der Waals surface area contributed by atoms with Crippen LogP contribution in [0.1, 0.15) is 123 Å². The lowest BCUT2D eigenvalue weighted by atomic mass is 10.1. The number of aliphatic hydroxyl groups is 1. The van der Waals surface area contributed by atoms with E-state index in [-0.39, 0.29) is 5.91 Å². The molecule has 0 aromatic heterocycles. The van der Waals surface area contributed by atoms with Crippen LogP contribution in [0, 0.1) is 0 Å². The Labute approximate surface area is 197 Å². The van der Waals surface area contributed by atoms with Crippen molar-refractivity contribution >= 4 is 16.0 Å². The lowest BCUT2D eigenvalue weighted by Crippen LogP contribution is -2.46. The second-order valence-corrected chi connectivity index (χ2v) is 10.5. The summed E-state index contributed by atoms with van der Waals surface area (Å²) in [5, 5.41) is 12.9. The van der Waals surface area contributed by atoms with Crippen molar-refractivity contribution in [3.8, 4) is 0 Å². The molecule has 0 heterocycles. The van der Waals surface area contributed by atoms with Crippen molar-refractivity contribution in [1.29, 1.82) is 0 Å². The second-order valence-electron chi connectivity index (χ2n) is 8.98. The van der Waals surface area contributed by atoms with Gasteiger partial charge < -0.3 is 10.4 Å². The second kappa shape index (κ2) is 20.7. The molecule has 32 heavy (non-hydrogen) atoms. The third-order valence-corrected chi connectivity index (χ3v) is 6.49. The first kappa shape index (κ1) is 31.1. The summed E-state index contributed by atoms with van der Waals surface area (Å²) in [6.07, 6.45) is 20.7. The van der Waals surface area contributed by atoms with E-state index in [4.69, 9.17) is 0 Å². The molecule has 0 radical (unpaired) electrons. The zero-order chi connectivity index (χ0) is 24.1. The third kappa shape index (κ3) is 21.0. The summed E-state index contributed by atoms with van der Waals surface area (Å²) in [6.45, 7) is 4.39. The third-order valence-electron chi connectivity index (χ3n) is 5.71. The van der Waals surface area contributed by atoms with Crippen LogP contribution in [0.3, 0.4) is 0 Å². The molecule has 2 atom stereocenters. The van der Waals surface area contributed by atoms with Gasteiger partial charge in [-0.2, -0.15) is 8.42 Å². The molecule has 0 rings (SSSR count). The molecule has 2 unspecified atom stereocenters. The van der Waals surface area contributed by atoms with E-state index < -0.39 is 28.0 Å². The number of carbonyl (C=O) groups is 1. The van der Waals surface area contributed by atoms with Crippen molar-refractivity contribution in [2.45, 2.75) is 135 Å². The highest BCUT2D eigenvalue weighted by atomic mass is 32.2. The number of allylic oxidation sites excluding steroid dienone is 1. The highest BCUT2D eigenvalue weighted by molar-refractivity contribution is 7.85. The quantitative estimate of drug-likeness (QED) is 0.102. The molecule has 0 aliphatic rings. The van der Waals surface area contributed by atoms with Gasteiger partial charge in [-0.05, 0) is 19.3 Å². The van der Waals surface area contributed by atoms with Crippen LogP contribution < -0.4 is 5.32 Å². The Balaban J connectivity index is 4.22. The van der Waals surface area contributed by atoms with Gasteiger partial charge in [0.2, 0.25) is 5.91 Å². The minimum Gasteiger partial charge on any atom is -0.387 e. The zero-order valence-electron chi connectivity index (χ0n) is 20.6. The van der Waals surface area contributed by atoms with Gasteiger partial charge in [-0.1, -0.05) is 109 Å². The smallest absolute Gasteiger partial charge is 0.267 e. The monoisotopic (exact) mass is 475 g/mol. The van der Waals surface area contributed by atoms with Crippen molar-refractivity contribution in [2.24, 2.45) is 0 Å². The predicted octanol–water partition coefficient (Wildman–Crippen LogP) is 5.95. The maximum Gasteiger partial charge on any atom is 0.267 e. The molecule has 0 saturated heterocycles. The Morgan fingerprint density at radius 3 is 1.78 bits per heavy atom. The maximum absolute atomic E-state index is 12.2. The van der Waals surface area contributed by atoms with Crippen LogP contribution in [-0.2, 0) is 14.9 Å². The highest BCUT2D eigenvalue weighted by Gasteiger charge is 2.24. The van der Waals surface area contributed by atoms with E-state index in [1.165, 1.54) is 70.3 Å². The number of hydrogen-bond acceptors (Lipinski definition) is 4. The van der Waals surface area contributed by atoms with Crippen molar-refractivity contribution in [3.05, 3.63) is 12.2 Å². The topological polar surface area (TPSA) is 104 Å². The van der Waals surface area contributed by atoms with Gasteiger partial charge in [0, 0.05) is 6.42 Å². The first-order valence-corrected chi connectivity index (χ1v) is 14.5. The first-order valence-electron chi connectivity index (χ1n) is 12.9. The minimum absolute atomic E-state index is 0.287. The van der Waals surface area contributed by atoms with E-state index in [9.17, 15) is 22.9 Å². The molecule has 3 N–H and O–H groups in total. The van der Waals surface area contributed by atoms with Crippen LogP contribution >= 0.6 is 0 Å². The molecule has 1 amide bonds. The lowest BCUT2D eigenvalue weighted by Gasteiger charge is -2.21. The Kier molecular flexibility index (Phi) is 20.1. The number of nitrogens with one attached hydrogen (secondary N) is 1. The Morgan fingerprint density at radius 1 is 0.812 bits per heavy atom. The standard InChI is InChI=1S/C25H49NO5S/c1-3-5-7-9-11-13-15-17-19-21-25(28)26-23(22-32(29,30)31)24(27)20-18-16-14-12-10-8-6-4-2/h18,20,23-24,27H,3-17,19,21-22H2,1-2H3,(H,26,28)(H,29,30,31)/b20-18+. The molecule has 0 aliphatic heterocycles. The van der Waals surface area contributed by atoms with Gasteiger partial charge in [-0.25, -0.2) is 0 Å². The fourth-order valence-electron chi connectivity index (χ4n) is 3.74. The SMILES string of the molecule is CCCCCCCC/C=C/C(O)C(CS(=O)(=O)O)NC(=O)CCCCCCCCCCC. The fraction of sp³-hybridized carbons (Fsp3) is 0.880. The van der Waals surface area contributed by atoms with Crippen molar-refractivity contribution in [3.63, 3.8) is 0 Å². The van der Waals surface area contributed by atoms with Gasteiger partial charge in [0.15, 0.2) is 0 Å². The Morgan fingerprint density at radius 2 is 1.28 bits per heavy atom. The van der Waals surface area contributed by atoms with Gasteiger partial charge in [0.05, 0.1) is 17.9 Å². The van der Waals surface area contributed by atoms with Crippen LogP contribution in [0.5, 0.6) is 0 Å². The number of amides is 1. The van der Waals surface area contributed by atoms with Gasteiger partial charge in [0.1, 0.15) is 0 Å². The molecule has 0 saturated carbocycles. The Hall–Kier alpha value is -0.920. The zero-order valence-corrected chi connectivity index (χ0v) is 21.4. The van der Waals surface area contributed by atoms with Crippen LogP contribution in [0.15, 0.2) is 12.2 Å². The summed E-state index contributed by atoms with van der Waals surface area (Å²) in [7, 11) is -4.31. The molecule has 0 aromatic carbocycles. The average Bonchev–Trinajstić information content (AvgIpc) is 2.73. The number of unbranched alkanes of at least 4 members (excludes halogenated alkanes) is 14. The molecule has 7 heteroatoms. The number of carbonyl (C=O) groups excluding carboxylic acids is 1. The number of hydrogen-bond donors (Lipinski definition) is 3. The van der Waals surface area contributed by atoms with Crippen LogP contribution in [-0.4, -0.2) is 41.9 Å². The Bertz CT molecular complexity index is 577. The summed E-state index contributed by atoms with van der Waals surface area (Å²) >= 11 is 0. The minimum atomic E-state index is -4.31. The molecule has 0 aromatic rings. The van der Waals surface area contributed by atoms with E-state index in [2.05, 4.69) is 19.2 Å². The van der Waals surface area contributed by atoms with Crippen LogP contribution in [0.25, 0.3) is 0 Å². The largest absolute Gasteiger partial charge is 0.387 e. The van der Waals surface area contributed by atoms with Crippen molar-refractivity contribution in [1.82, 2.24) is 5.32 Å². The molecular weight excluding hydrogens is 426 g/mol. The van der Waals surface area contributed by atoms with Crippen LogP contribution in [0.4, 0.5) is 0 Å². The van der Waals surface area contributed by atoms with Gasteiger partial charge in [0.25, 0.3) is 10.1 Å². The van der Waals surface area contributed by atoms with E-state index in [1.54, 1.807) is 0 Å². The number of rotatable bonds is 22. The van der Waals surface area contributed by atoms with Gasteiger partial charge in [-0.3, -0.25) is 9.35 Å². The fourth-order valence-corrected chi connectivity index (χ4v) is 4.47. The predicted molar refractivity (Wildman–Crippen MR) is 133 cm³/mol. The normalized spacial score (nSPS) is 14.0. The van der Waals surface area contributed by atoms with E-state index in [1.807, 2.05) is 6.08 Å².